The lowest BCUT2D eigenvalue weighted by Gasteiger charge is -2.22. The van der Waals surface area contributed by atoms with Gasteiger partial charge in [-0.15, -0.1) is 0 Å². The van der Waals surface area contributed by atoms with E-state index in [1.807, 2.05) is 6.92 Å². The first-order valence-electron chi connectivity index (χ1n) is 5.21. The standard InChI is InChI=1S/C9H18N2O3S/c1-2-8(10)9(12)11-4-3-6-15(13,14)7-5-11/h8H,2-7,10H2,1H3. The van der Waals surface area contributed by atoms with Gasteiger partial charge in [-0.05, 0) is 12.8 Å². The minimum atomic E-state index is -2.95. The maximum absolute atomic E-state index is 11.7. The predicted octanol–water partition coefficient (Wildman–Crippen LogP) is -0.629. The van der Waals surface area contributed by atoms with Crippen LogP contribution < -0.4 is 5.73 Å². The van der Waals surface area contributed by atoms with Crippen LogP contribution in [-0.2, 0) is 14.6 Å². The van der Waals surface area contributed by atoms with Crippen molar-refractivity contribution in [3.63, 3.8) is 0 Å². The van der Waals surface area contributed by atoms with Gasteiger partial charge in [0, 0.05) is 13.1 Å². The third-order valence-electron chi connectivity index (χ3n) is 2.62. The second kappa shape index (κ2) is 4.94. The smallest absolute Gasteiger partial charge is 0.239 e. The quantitative estimate of drug-likeness (QED) is 0.690. The summed E-state index contributed by atoms with van der Waals surface area (Å²) in [6.07, 6.45) is 1.10. The van der Waals surface area contributed by atoms with Crippen LogP contribution >= 0.6 is 0 Å². The Morgan fingerprint density at radius 1 is 1.40 bits per heavy atom. The minimum absolute atomic E-state index is 0.0647. The molecule has 2 N–H and O–H groups in total. The molecule has 0 aromatic rings. The Morgan fingerprint density at radius 2 is 2.07 bits per heavy atom. The highest BCUT2D eigenvalue weighted by Crippen LogP contribution is 2.07. The van der Waals surface area contributed by atoms with Crippen LogP contribution in [0.4, 0.5) is 0 Å². The van der Waals surface area contributed by atoms with Gasteiger partial charge in [0.15, 0.2) is 9.84 Å². The largest absolute Gasteiger partial charge is 0.340 e. The molecule has 0 bridgehead atoms. The van der Waals surface area contributed by atoms with Crippen molar-refractivity contribution in [2.45, 2.75) is 25.8 Å². The summed E-state index contributed by atoms with van der Waals surface area (Å²) in [5.74, 6) is 0.113. The van der Waals surface area contributed by atoms with Crippen LogP contribution in [0.25, 0.3) is 0 Å². The molecule has 1 amide bonds. The van der Waals surface area contributed by atoms with Crippen molar-refractivity contribution >= 4 is 15.7 Å². The second-order valence-electron chi connectivity index (χ2n) is 3.85. The molecule has 1 fully saturated rings. The van der Waals surface area contributed by atoms with Gasteiger partial charge >= 0.3 is 0 Å². The molecule has 1 rings (SSSR count). The van der Waals surface area contributed by atoms with Crippen molar-refractivity contribution in [3.05, 3.63) is 0 Å². The molecule has 5 nitrogen and oxygen atoms in total. The molecule has 1 atom stereocenters. The number of sulfone groups is 1. The van der Waals surface area contributed by atoms with E-state index in [2.05, 4.69) is 0 Å². The Balaban J connectivity index is 2.62. The molecule has 88 valence electrons. The third-order valence-corrected chi connectivity index (χ3v) is 4.34. The van der Waals surface area contributed by atoms with Gasteiger partial charge in [-0.25, -0.2) is 8.42 Å². The molecule has 0 spiro atoms. The van der Waals surface area contributed by atoms with Crippen LogP contribution in [0.15, 0.2) is 0 Å². The van der Waals surface area contributed by atoms with E-state index in [9.17, 15) is 13.2 Å². The fourth-order valence-corrected chi connectivity index (χ4v) is 2.84. The molecule has 15 heavy (non-hydrogen) atoms. The number of amides is 1. The van der Waals surface area contributed by atoms with Gasteiger partial charge in [-0.2, -0.15) is 0 Å². The number of hydrogen-bond donors (Lipinski definition) is 1. The van der Waals surface area contributed by atoms with Crippen molar-refractivity contribution in [2.24, 2.45) is 5.73 Å². The average Bonchev–Trinajstić information content (AvgIpc) is 2.37. The summed E-state index contributed by atoms with van der Waals surface area (Å²) in [7, 11) is -2.95. The van der Waals surface area contributed by atoms with Gasteiger partial charge in [0.25, 0.3) is 0 Å². The molecule has 1 saturated heterocycles. The molecule has 0 aliphatic carbocycles. The van der Waals surface area contributed by atoms with Crippen LogP contribution in [0.1, 0.15) is 19.8 Å². The zero-order valence-corrected chi connectivity index (χ0v) is 9.79. The zero-order chi connectivity index (χ0) is 11.5. The van der Waals surface area contributed by atoms with E-state index in [1.54, 1.807) is 4.90 Å². The second-order valence-corrected chi connectivity index (χ2v) is 6.15. The summed E-state index contributed by atoms with van der Waals surface area (Å²) in [5.41, 5.74) is 5.63. The van der Waals surface area contributed by atoms with Crippen molar-refractivity contribution in [3.8, 4) is 0 Å². The monoisotopic (exact) mass is 234 g/mol. The van der Waals surface area contributed by atoms with Crippen molar-refractivity contribution < 1.29 is 13.2 Å². The number of hydrogen-bond acceptors (Lipinski definition) is 4. The van der Waals surface area contributed by atoms with Crippen molar-refractivity contribution in [1.29, 1.82) is 0 Å². The van der Waals surface area contributed by atoms with E-state index in [1.165, 1.54) is 0 Å². The first-order chi connectivity index (χ1) is 6.96. The first kappa shape index (κ1) is 12.4. The van der Waals surface area contributed by atoms with Gasteiger partial charge in [-0.1, -0.05) is 6.92 Å². The van der Waals surface area contributed by atoms with Crippen molar-refractivity contribution in [1.82, 2.24) is 4.90 Å². The Kier molecular flexibility index (Phi) is 4.10. The van der Waals surface area contributed by atoms with Gasteiger partial charge in [0.1, 0.15) is 0 Å². The van der Waals surface area contributed by atoms with E-state index < -0.39 is 15.9 Å². The fraction of sp³-hybridized carbons (Fsp3) is 0.889. The molecule has 0 aromatic heterocycles. The average molecular weight is 234 g/mol. The summed E-state index contributed by atoms with van der Waals surface area (Å²) in [5, 5.41) is 0. The van der Waals surface area contributed by atoms with E-state index >= 15 is 0 Å². The molecule has 6 heteroatoms. The van der Waals surface area contributed by atoms with Gasteiger partial charge in [-0.3, -0.25) is 4.79 Å². The fourth-order valence-electron chi connectivity index (χ4n) is 1.57. The lowest BCUT2D eigenvalue weighted by Crippen LogP contribution is -2.44. The number of nitrogens with zero attached hydrogens (tertiary/aromatic N) is 1. The lowest BCUT2D eigenvalue weighted by atomic mass is 10.2. The maximum atomic E-state index is 11.7. The normalized spacial score (nSPS) is 23.2. The highest BCUT2D eigenvalue weighted by atomic mass is 32.2. The highest BCUT2D eigenvalue weighted by molar-refractivity contribution is 7.91. The summed E-state index contributed by atoms with van der Waals surface area (Å²) >= 11 is 0. The van der Waals surface area contributed by atoms with Gasteiger partial charge in [0.05, 0.1) is 17.5 Å². The molecule has 0 saturated carbocycles. The number of nitrogens with two attached hydrogens (primary N) is 1. The zero-order valence-electron chi connectivity index (χ0n) is 8.98. The Bertz CT molecular complexity index is 326. The van der Waals surface area contributed by atoms with Crippen LogP contribution in [-0.4, -0.2) is 49.9 Å². The molecule has 0 radical (unpaired) electrons. The Labute approximate surface area is 90.5 Å². The Morgan fingerprint density at radius 3 is 2.67 bits per heavy atom. The topological polar surface area (TPSA) is 80.5 Å². The lowest BCUT2D eigenvalue weighted by molar-refractivity contribution is -0.132. The van der Waals surface area contributed by atoms with Crippen molar-refractivity contribution in [2.75, 3.05) is 24.6 Å². The molecular weight excluding hydrogens is 216 g/mol. The molecule has 1 aliphatic rings. The summed E-state index contributed by atoms with van der Waals surface area (Å²) in [4.78, 5) is 13.3. The maximum Gasteiger partial charge on any atom is 0.239 e. The number of rotatable bonds is 2. The molecular formula is C9H18N2O3S. The predicted molar refractivity (Wildman–Crippen MR) is 58.1 cm³/mol. The first-order valence-corrected chi connectivity index (χ1v) is 7.03. The number of carbonyl (C=O) groups excluding carboxylic acids is 1. The van der Waals surface area contributed by atoms with Crippen LogP contribution in [0.5, 0.6) is 0 Å². The molecule has 1 unspecified atom stereocenters. The summed E-state index contributed by atoms with van der Waals surface area (Å²) in [6, 6.07) is -0.495. The van der Waals surface area contributed by atoms with Crippen LogP contribution in [0.3, 0.4) is 0 Å². The van der Waals surface area contributed by atoms with E-state index in [0.29, 0.717) is 19.4 Å². The highest BCUT2D eigenvalue weighted by Gasteiger charge is 2.24. The van der Waals surface area contributed by atoms with Crippen LogP contribution in [0, 0.1) is 0 Å². The van der Waals surface area contributed by atoms with Gasteiger partial charge in [0.2, 0.25) is 5.91 Å². The molecule has 0 aromatic carbocycles. The minimum Gasteiger partial charge on any atom is -0.340 e. The van der Waals surface area contributed by atoms with E-state index in [-0.39, 0.29) is 24.0 Å². The van der Waals surface area contributed by atoms with Crippen LogP contribution in [0.2, 0.25) is 0 Å². The summed E-state index contributed by atoms with van der Waals surface area (Å²) in [6.45, 7) is 2.64. The van der Waals surface area contributed by atoms with E-state index in [0.717, 1.165) is 0 Å². The Hall–Kier alpha value is -0.620. The summed E-state index contributed by atoms with van der Waals surface area (Å²) < 4.78 is 22.6. The third kappa shape index (κ3) is 3.46. The van der Waals surface area contributed by atoms with E-state index in [4.69, 9.17) is 5.73 Å². The molecule has 1 aliphatic heterocycles. The molecule has 1 heterocycles. The number of carbonyl (C=O) groups is 1. The van der Waals surface area contributed by atoms with Gasteiger partial charge < -0.3 is 10.6 Å². The SMILES string of the molecule is CCC(N)C(=O)N1CCCS(=O)(=O)CC1.